The van der Waals surface area contributed by atoms with Crippen molar-refractivity contribution in [2.45, 2.75) is 38.3 Å². The first-order valence-corrected chi connectivity index (χ1v) is 9.60. The van der Waals surface area contributed by atoms with Crippen molar-refractivity contribution in [3.05, 3.63) is 70.5 Å². The van der Waals surface area contributed by atoms with Crippen molar-refractivity contribution in [1.29, 1.82) is 5.26 Å². The van der Waals surface area contributed by atoms with Gasteiger partial charge in [0.25, 0.3) is 0 Å². The fourth-order valence-electron chi connectivity index (χ4n) is 2.76. The van der Waals surface area contributed by atoms with Crippen LogP contribution in [0.3, 0.4) is 0 Å². The van der Waals surface area contributed by atoms with Crippen molar-refractivity contribution in [2.24, 2.45) is 0 Å². The molecule has 27 heavy (non-hydrogen) atoms. The number of nitriles is 1. The summed E-state index contributed by atoms with van der Waals surface area (Å²) in [5.41, 5.74) is 1.08. The molecule has 142 valence electrons. The summed E-state index contributed by atoms with van der Waals surface area (Å²) in [4.78, 5) is 13.8. The topological polar surface area (TPSA) is 53.3 Å². The van der Waals surface area contributed by atoms with E-state index in [4.69, 9.17) is 10.00 Å². The van der Waals surface area contributed by atoms with Gasteiger partial charge >= 0.3 is 6.09 Å². The second kappa shape index (κ2) is 10.7. The molecule has 1 fully saturated rings. The van der Waals surface area contributed by atoms with Crippen molar-refractivity contribution in [2.75, 3.05) is 6.54 Å². The molecular weight excluding hydrogens is 411 g/mol. The summed E-state index contributed by atoms with van der Waals surface area (Å²) in [7, 11) is 0. The second-order valence-corrected chi connectivity index (χ2v) is 7.12. The van der Waals surface area contributed by atoms with Crippen molar-refractivity contribution in [3.8, 4) is 6.07 Å². The van der Waals surface area contributed by atoms with Gasteiger partial charge in [0.1, 0.15) is 11.9 Å². The molecule has 2 aromatic rings. The van der Waals surface area contributed by atoms with Crippen LogP contribution >= 0.6 is 15.9 Å². The molecule has 1 amide bonds. The van der Waals surface area contributed by atoms with E-state index in [1.54, 1.807) is 23.1 Å². The number of benzene rings is 2. The molecule has 0 bridgehead atoms. The molecule has 0 N–H and O–H groups in total. The van der Waals surface area contributed by atoms with Crippen LogP contribution in [0.5, 0.6) is 0 Å². The second-order valence-electron chi connectivity index (χ2n) is 6.21. The predicted octanol–water partition coefficient (Wildman–Crippen LogP) is 5.85. The minimum atomic E-state index is -0.283. The lowest BCUT2D eigenvalue weighted by Gasteiger charge is -2.35. The Morgan fingerprint density at radius 3 is 2.44 bits per heavy atom. The Morgan fingerprint density at radius 1 is 1.26 bits per heavy atom. The summed E-state index contributed by atoms with van der Waals surface area (Å²) in [6.45, 7) is 2.67. The van der Waals surface area contributed by atoms with E-state index in [1.165, 1.54) is 12.1 Å². The summed E-state index contributed by atoms with van der Waals surface area (Å²) in [5.74, 6) is -0.178. The number of amides is 1. The maximum Gasteiger partial charge on any atom is 0.410 e. The van der Waals surface area contributed by atoms with Gasteiger partial charge in [0.15, 0.2) is 0 Å². The average molecular weight is 433 g/mol. The molecular formula is C21H22BrFN2O2. The van der Waals surface area contributed by atoms with Gasteiger partial charge in [-0.25, -0.2) is 9.18 Å². The number of nitrogens with zero attached hydrogens (tertiary/aromatic N) is 2. The van der Waals surface area contributed by atoms with Gasteiger partial charge < -0.3 is 9.64 Å². The molecule has 1 saturated heterocycles. The summed E-state index contributed by atoms with van der Waals surface area (Å²) in [5, 5.41) is 8.57. The van der Waals surface area contributed by atoms with Gasteiger partial charge in [-0.3, -0.25) is 0 Å². The zero-order valence-electron chi connectivity index (χ0n) is 15.1. The van der Waals surface area contributed by atoms with E-state index < -0.39 is 0 Å². The maximum absolute atomic E-state index is 12.1. The lowest BCUT2D eigenvalue weighted by Crippen LogP contribution is -2.43. The van der Waals surface area contributed by atoms with Crippen LogP contribution in [0.1, 0.15) is 37.8 Å². The minimum absolute atomic E-state index is 0.00693. The molecule has 6 heteroatoms. The van der Waals surface area contributed by atoms with Crippen LogP contribution in [0, 0.1) is 17.1 Å². The number of hydrogen-bond donors (Lipinski definition) is 0. The van der Waals surface area contributed by atoms with Crippen LogP contribution in [0.2, 0.25) is 0 Å². The van der Waals surface area contributed by atoms with Crippen LogP contribution in [-0.4, -0.2) is 23.6 Å². The van der Waals surface area contributed by atoms with Gasteiger partial charge in [0.05, 0.1) is 12.1 Å². The van der Waals surface area contributed by atoms with E-state index >= 15 is 0 Å². The Kier molecular flexibility index (Phi) is 8.28. The fraction of sp³-hybridized carbons (Fsp3) is 0.333. The highest BCUT2D eigenvalue weighted by molar-refractivity contribution is 9.10. The molecule has 0 spiro atoms. The molecule has 2 aromatic carbocycles. The highest BCUT2D eigenvalue weighted by Gasteiger charge is 2.30. The molecule has 0 aromatic heterocycles. The number of hydrogen-bond acceptors (Lipinski definition) is 3. The van der Waals surface area contributed by atoms with E-state index in [2.05, 4.69) is 22.0 Å². The first kappa shape index (κ1) is 20.9. The first-order chi connectivity index (χ1) is 13.0. The van der Waals surface area contributed by atoms with Gasteiger partial charge in [-0.15, -0.1) is 0 Å². The molecule has 2 unspecified atom stereocenters. The average Bonchev–Trinajstić information content (AvgIpc) is 2.68. The molecule has 4 nitrogen and oxygen atoms in total. The highest BCUT2D eigenvalue weighted by atomic mass is 79.9. The van der Waals surface area contributed by atoms with Gasteiger partial charge in [-0.2, -0.15) is 5.26 Å². The van der Waals surface area contributed by atoms with Gasteiger partial charge in [-0.05, 0) is 43.2 Å². The zero-order chi connectivity index (χ0) is 19.6. The number of ether oxygens (including phenoxy) is 1. The van der Waals surface area contributed by atoms with Crippen molar-refractivity contribution in [3.63, 3.8) is 0 Å². The van der Waals surface area contributed by atoms with Crippen molar-refractivity contribution >= 4 is 22.0 Å². The first-order valence-electron chi connectivity index (χ1n) is 8.81. The highest BCUT2D eigenvalue weighted by Crippen LogP contribution is 2.27. The summed E-state index contributed by atoms with van der Waals surface area (Å²) >= 11 is 3.40. The summed E-state index contributed by atoms with van der Waals surface area (Å²) in [6.07, 6.45) is 1.45. The Morgan fingerprint density at radius 2 is 1.93 bits per heavy atom. The number of halogens is 2. The van der Waals surface area contributed by atoms with Gasteiger partial charge in [-0.1, -0.05) is 46.3 Å². The summed E-state index contributed by atoms with van der Waals surface area (Å²) < 4.78 is 18.3. The third-order valence-corrected chi connectivity index (χ3v) is 4.85. The number of carbonyl (C=O) groups excluding carboxylic acids is 1. The molecule has 1 aliphatic heterocycles. The smallest absolute Gasteiger partial charge is 0.410 e. The van der Waals surface area contributed by atoms with E-state index in [1.807, 2.05) is 31.2 Å². The molecule has 1 heterocycles. The van der Waals surface area contributed by atoms with E-state index in [9.17, 15) is 9.18 Å². The largest absolute Gasteiger partial charge is 0.446 e. The van der Waals surface area contributed by atoms with E-state index in [0.29, 0.717) is 19.4 Å². The molecule has 2 atom stereocenters. The standard InChI is InChI=1S/C15H17BrN2O2.C6H5F/c1-11(12-4-6-13(16)7-5-12)18-10-8-14(3-2-9-17)20-15(18)19;7-6-4-2-1-3-5-6/h4-7,11,14H,2-3,8,10H2,1H3;1-5H. The quantitative estimate of drug-likeness (QED) is 0.608. The van der Waals surface area contributed by atoms with Crippen LogP contribution < -0.4 is 0 Å². The number of rotatable bonds is 4. The molecule has 0 saturated carbocycles. The van der Waals surface area contributed by atoms with Crippen LogP contribution in [0.25, 0.3) is 0 Å². The molecule has 3 rings (SSSR count). The monoisotopic (exact) mass is 432 g/mol. The van der Waals surface area contributed by atoms with Crippen molar-refractivity contribution < 1.29 is 13.9 Å². The lowest BCUT2D eigenvalue weighted by molar-refractivity contribution is 0.0105. The Labute approximate surface area is 167 Å². The zero-order valence-corrected chi connectivity index (χ0v) is 16.7. The van der Waals surface area contributed by atoms with Crippen molar-refractivity contribution in [1.82, 2.24) is 4.90 Å². The SMILES string of the molecule is CC(c1ccc(Br)cc1)N1CCC(CCC#N)OC1=O.Fc1ccccc1. The van der Waals surface area contributed by atoms with Crippen LogP contribution in [0.4, 0.5) is 9.18 Å². The third-order valence-electron chi connectivity index (χ3n) is 4.33. The predicted molar refractivity (Wildman–Crippen MR) is 105 cm³/mol. The molecule has 0 radical (unpaired) electrons. The Hall–Kier alpha value is -2.39. The van der Waals surface area contributed by atoms with Gasteiger partial charge in [0.2, 0.25) is 0 Å². The summed E-state index contributed by atoms with van der Waals surface area (Å²) in [6, 6.07) is 18.0. The van der Waals surface area contributed by atoms with Gasteiger partial charge in [0, 0.05) is 23.9 Å². The Bertz CT molecular complexity index is 762. The van der Waals surface area contributed by atoms with Crippen LogP contribution in [0.15, 0.2) is 59.1 Å². The number of carbonyl (C=O) groups is 1. The van der Waals surface area contributed by atoms with E-state index in [-0.39, 0.29) is 24.1 Å². The fourth-order valence-corrected chi connectivity index (χ4v) is 3.02. The minimum Gasteiger partial charge on any atom is -0.446 e. The normalized spacial score (nSPS) is 17.2. The molecule has 1 aliphatic rings. The molecule has 0 aliphatic carbocycles. The maximum atomic E-state index is 12.1. The third kappa shape index (κ3) is 6.69. The van der Waals surface area contributed by atoms with E-state index in [0.717, 1.165) is 16.5 Å². The van der Waals surface area contributed by atoms with Crippen LogP contribution in [-0.2, 0) is 4.74 Å². The Balaban J connectivity index is 0.000000313. The lowest BCUT2D eigenvalue weighted by atomic mass is 10.0. The number of cyclic esters (lactones) is 1.